The van der Waals surface area contributed by atoms with Crippen LogP contribution in [-0.4, -0.2) is 56.7 Å². The average molecular weight is 492 g/mol. The molecule has 0 radical (unpaired) electrons. The molecule has 2 aliphatic rings. The van der Waals surface area contributed by atoms with E-state index in [1.54, 1.807) is 0 Å². The molecule has 3 aromatic rings. The largest absolute Gasteiger partial charge is 0.490 e. The lowest BCUT2D eigenvalue weighted by Crippen LogP contribution is -2.49. The van der Waals surface area contributed by atoms with Crippen molar-refractivity contribution in [2.75, 3.05) is 13.1 Å². The van der Waals surface area contributed by atoms with E-state index in [0.717, 1.165) is 25.3 Å². The number of rotatable bonds is 4. The average Bonchev–Trinajstić information content (AvgIpc) is 3.52. The molecule has 1 saturated heterocycles. The quantitative estimate of drug-likeness (QED) is 0.581. The number of fused-ring (bicyclic) bond motifs is 3. The number of aliphatic carboxylic acids is 1. The molecule has 2 atom stereocenters. The number of thiophene rings is 1. The smallest absolute Gasteiger partial charge is 0.475 e. The second kappa shape index (κ2) is 9.63. The lowest BCUT2D eigenvalue weighted by molar-refractivity contribution is -0.192. The standard InChI is InChI=1S/C22H23N3OS.C2HF3O2/c1-16-9-11-27-21(16)15-23-13-19-20(14-23)25(12-17-6-3-2-4-7-17)22(26)18-8-5-10-24(18)19;3-2(4,5)1(6)7/h2-11,19-20H,12-15H2,1H3;(H,6,7). The molecular formula is C24H24F3N3O3S. The Morgan fingerprint density at radius 3 is 2.35 bits per heavy atom. The predicted molar refractivity (Wildman–Crippen MR) is 122 cm³/mol. The van der Waals surface area contributed by atoms with Crippen molar-refractivity contribution in [2.24, 2.45) is 0 Å². The second-order valence-electron chi connectivity index (χ2n) is 8.38. The van der Waals surface area contributed by atoms with Crippen molar-refractivity contribution in [3.63, 3.8) is 0 Å². The molecule has 2 aromatic heterocycles. The highest BCUT2D eigenvalue weighted by molar-refractivity contribution is 7.10. The van der Waals surface area contributed by atoms with Crippen LogP contribution in [0.15, 0.2) is 60.1 Å². The summed E-state index contributed by atoms with van der Waals surface area (Å²) >= 11 is 1.83. The minimum Gasteiger partial charge on any atom is -0.475 e. The Kier molecular flexibility index (Phi) is 6.81. The summed E-state index contributed by atoms with van der Waals surface area (Å²) in [6, 6.07) is 17.0. The van der Waals surface area contributed by atoms with E-state index in [4.69, 9.17) is 9.90 Å². The Morgan fingerprint density at radius 1 is 1.06 bits per heavy atom. The highest BCUT2D eigenvalue weighted by Gasteiger charge is 2.45. The van der Waals surface area contributed by atoms with Crippen molar-refractivity contribution in [2.45, 2.75) is 38.3 Å². The van der Waals surface area contributed by atoms with E-state index in [2.05, 4.69) is 51.1 Å². The first-order chi connectivity index (χ1) is 16.1. The van der Waals surface area contributed by atoms with E-state index in [-0.39, 0.29) is 11.9 Å². The van der Waals surface area contributed by atoms with Crippen LogP contribution in [0.25, 0.3) is 0 Å². The number of alkyl halides is 3. The monoisotopic (exact) mass is 491 g/mol. The second-order valence-corrected chi connectivity index (χ2v) is 9.38. The maximum Gasteiger partial charge on any atom is 0.490 e. The number of hydrogen-bond donors (Lipinski definition) is 1. The molecule has 0 spiro atoms. The number of amides is 1. The molecule has 0 aliphatic carbocycles. The van der Waals surface area contributed by atoms with Gasteiger partial charge < -0.3 is 14.6 Å². The van der Waals surface area contributed by atoms with Crippen LogP contribution < -0.4 is 0 Å². The Labute approximate surface area is 198 Å². The third-order valence-corrected chi connectivity index (χ3v) is 7.13. The maximum atomic E-state index is 13.2. The molecule has 1 amide bonds. The summed E-state index contributed by atoms with van der Waals surface area (Å²) in [5, 5.41) is 9.29. The van der Waals surface area contributed by atoms with Gasteiger partial charge in [0.25, 0.3) is 5.91 Å². The van der Waals surface area contributed by atoms with Gasteiger partial charge in [0, 0.05) is 37.3 Å². The summed E-state index contributed by atoms with van der Waals surface area (Å²) in [5.74, 6) is -2.60. The fourth-order valence-electron chi connectivity index (χ4n) is 4.46. The van der Waals surface area contributed by atoms with E-state index in [0.29, 0.717) is 12.6 Å². The Hall–Kier alpha value is -3.11. The molecule has 2 unspecified atom stereocenters. The van der Waals surface area contributed by atoms with Crippen molar-refractivity contribution in [1.29, 1.82) is 0 Å². The Bertz CT molecular complexity index is 1160. The van der Waals surface area contributed by atoms with E-state index < -0.39 is 12.1 Å². The van der Waals surface area contributed by atoms with E-state index in [9.17, 15) is 18.0 Å². The Morgan fingerprint density at radius 2 is 1.74 bits per heavy atom. The number of benzene rings is 1. The topological polar surface area (TPSA) is 65.8 Å². The number of likely N-dealkylation sites (tertiary alicyclic amines) is 1. The van der Waals surface area contributed by atoms with Gasteiger partial charge in [-0.3, -0.25) is 9.69 Å². The molecule has 10 heteroatoms. The minimum absolute atomic E-state index is 0.152. The first-order valence-corrected chi connectivity index (χ1v) is 11.6. The predicted octanol–water partition coefficient (Wildman–Crippen LogP) is 4.57. The maximum absolute atomic E-state index is 13.2. The van der Waals surface area contributed by atoms with E-state index >= 15 is 0 Å². The first kappa shape index (κ1) is 24.0. The molecule has 0 saturated carbocycles. The minimum atomic E-state index is -5.08. The van der Waals surface area contributed by atoms with Crippen LogP contribution in [0.2, 0.25) is 0 Å². The zero-order chi connectivity index (χ0) is 24.5. The summed E-state index contributed by atoms with van der Waals surface area (Å²) in [5.41, 5.74) is 3.38. The SMILES string of the molecule is Cc1ccsc1CN1CC2C(C1)n1cccc1C(=O)N2Cc1ccccc1.O=C(O)C(F)(F)F. The van der Waals surface area contributed by atoms with Gasteiger partial charge in [-0.2, -0.15) is 13.2 Å². The number of carboxylic acid groups (broad SMARTS) is 1. The van der Waals surface area contributed by atoms with Crippen LogP contribution in [0, 0.1) is 6.92 Å². The van der Waals surface area contributed by atoms with Gasteiger partial charge in [0.1, 0.15) is 5.69 Å². The fraction of sp³-hybridized carbons (Fsp3) is 0.333. The number of carbonyl (C=O) groups excluding carboxylic acids is 1. The zero-order valence-corrected chi connectivity index (χ0v) is 19.2. The van der Waals surface area contributed by atoms with Gasteiger partial charge in [-0.1, -0.05) is 30.3 Å². The molecule has 0 bridgehead atoms. The summed E-state index contributed by atoms with van der Waals surface area (Å²) in [6.07, 6.45) is -3.01. The molecule has 34 heavy (non-hydrogen) atoms. The van der Waals surface area contributed by atoms with Crippen molar-refractivity contribution < 1.29 is 27.9 Å². The van der Waals surface area contributed by atoms with E-state index in [1.165, 1.54) is 16.0 Å². The van der Waals surface area contributed by atoms with Crippen LogP contribution in [0.5, 0.6) is 0 Å². The van der Waals surface area contributed by atoms with Crippen molar-refractivity contribution >= 4 is 23.2 Å². The van der Waals surface area contributed by atoms with E-state index in [1.807, 2.05) is 41.7 Å². The third kappa shape index (κ3) is 5.02. The lowest BCUT2D eigenvalue weighted by atomic mass is 10.0. The molecule has 1 fully saturated rings. The van der Waals surface area contributed by atoms with Crippen LogP contribution in [0.3, 0.4) is 0 Å². The third-order valence-electron chi connectivity index (χ3n) is 6.12. The highest BCUT2D eigenvalue weighted by Crippen LogP contribution is 2.35. The molecule has 1 N–H and O–H groups in total. The van der Waals surface area contributed by atoms with Crippen LogP contribution in [0.1, 0.15) is 32.5 Å². The molecule has 2 aliphatic heterocycles. The lowest BCUT2D eigenvalue weighted by Gasteiger charge is -2.38. The molecular weight excluding hydrogens is 467 g/mol. The first-order valence-electron chi connectivity index (χ1n) is 10.7. The number of halogens is 3. The molecule has 4 heterocycles. The van der Waals surface area contributed by atoms with Gasteiger partial charge in [0.15, 0.2) is 0 Å². The van der Waals surface area contributed by atoms with Crippen molar-refractivity contribution in [3.8, 4) is 0 Å². The van der Waals surface area contributed by atoms with Gasteiger partial charge in [-0.15, -0.1) is 11.3 Å². The number of aryl methyl sites for hydroxylation is 1. The van der Waals surface area contributed by atoms with Gasteiger partial charge >= 0.3 is 12.1 Å². The summed E-state index contributed by atoms with van der Waals surface area (Å²) in [4.78, 5) is 28.1. The zero-order valence-electron chi connectivity index (χ0n) is 18.4. The summed E-state index contributed by atoms with van der Waals surface area (Å²) < 4.78 is 33.9. The molecule has 180 valence electrons. The Balaban J connectivity index is 0.000000344. The molecule has 1 aromatic carbocycles. The van der Waals surface area contributed by atoms with Gasteiger partial charge in [-0.25, -0.2) is 4.79 Å². The fourth-order valence-corrected chi connectivity index (χ4v) is 5.40. The number of carbonyl (C=O) groups is 2. The van der Waals surface area contributed by atoms with Crippen LogP contribution in [0.4, 0.5) is 13.2 Å². The number of carboxylic acids is 1. The summed E-state index contributed by atoms with van der Waals surface area (Å²) in [7, 11) is 0. The van der Waals surface area contributed by atoms with Crippen molar-refractivity contribution in [1.82, 2.24) is 14.4 Å². The van der Waals surface area contributed by atoms with Crippen LogP contribution in [-0.2, 0) is 17.9 Å². The number of hydrogen-bond acceptors (Lipinski definition) is 4. The highest BCUT2D eigenvalue weighted by atomic mass is 32.1. The van der Waals surface area contributed by atoms with Gasteiger partial charge in [0.05, 0.1) is 12.1 Å². The van der Waals surface area contributed by atoms with Gasteiger partial charge in [-0.05, 0) is 41.6 Å². The summed E-state index contributed by atoms with van der Waals surface area (Å²) in [6.45, 7) is 5.75. The number of aromatic nitrogens is 1. The van der Waals surface area contributed by atoms with Crippen LogP contribution >= 0.6 is 11.3 Å². The normalized spacial score (nSPS) is 19.9. The van der Waals surface area contributed by atoms with Crippen molar-refractivity contribution in [3.05, 3.63) is 81.8 Å². The molecule has 5 rings (SSSR count). The van der Waals surface area contributed by atoms with Gasteiger partial charge in [0.2, 0.25) is 0 Å². The number of nitrogens with zero attached hydrogens (tertiary/aromatic N) is 3. The molecule has 6 nitrogen and oxygen atoms in total.